The van der Waals surface area contributed by atoms with Crippen LogP contribution in [-0.2, 0) is 14.3 Å². The number of rotatable bonds is 5. The fourth-order valence-electron chi connectivity index (χ4n) is 1.31. The summed E-state index contributed by atoms with van der Waals surface area (Å²) in [5.41, 5.74) is 0. The van der Waals surface area contributed by atoms with Crippen LogP contribution >= 0.6 is 0 Å². The van der Waals surface area contributed by atoms with Crippen molar-refractivity contribution in [2.45, 2.75) is 32.3 Å². The topological polar surface area (TPSA) is 47.6 Å². The van der Waals surface area contributed by atoms with E-state index in [0.717, 1.165) is 12.8 Å². The zero-order valence-electron chi connectivity index (χ0n) is 8.75. The molecule has 1 N–H and O–H groups in total. The van der Waals surface area contributed by atoms with E-state index in [-0.39, 0.29) is 12.0 Å². The van der Waals surface area contributed by atoms with Gasteiger partial charge in [0.15, 0.2) is 0 Å². The first-order chi connectivity index (χ1) is 6.83. The Kier molecular flexibility index (Phi) is 5.56. The minimum absolute atomic E-state index is 0.0364. The van der Waals surface area contributed by atoms with Crippen LogP contribution in [0, 0.1) is 0 Å². The molecular weight excluding hydrogens is 182 g/mol. The highest BCUT2D eigenvalue weighted by Gasteiger charge is 2.14. The molecule has 1 atom stereocenters. The number of unbranched alkanes of at least 4 members (excludes halogenated alkanes) is 1. The van der Waals surface area contributed by atoms with Crippen molar-refractivity contribution >= 4 is 5.91 Å². The molecule has 4 nitrogen and oxygen atoms in total. The zero-order valence-corrected chi connectivity index (χ0v) is 8.75. The summed E-state index contributed by atoms with van der Waals surface area (Å²) in [6.07, 6.45) is 2.66. The van der Waals surface area contributed by atoms with E-state index in [0.29, 0.717) is 32.8 Å². The van der Waals surface area contributed by atoms with E-state index in [1.54, 1.807) is 0 Å². The molecule has 1 heterocycles. The predicted molar refractivity (Wildman–Crippen MR) is 53.1 cm³/mol. The van der Waals surface area contributed by atoms with Crippen LogP contribution in [0.15, 0.2) is 0 Å². The third-order valence-corrected chi connectivity index (χ3v) is 2.17. The molecule has 4 heteroatoms. The average Bonchev–Trinajstić information content (AvgIpc) is 2.25. The van der Waals surface area contributed by atoms with Gasteiger partial charge in [-0.25, -0.2) is 0 Å². The Hall–Kier alpha value is -0.610. The monoisotopic (exact) mass is 201 g/mol. The van der Waals surface area contributed by atoms with Crippen molar-refractivity contribution in [2.75, 3.05) is 26.4 Å². The van der Waals surface area contributed by atoms with Crippen LogP contribution < -0.4 is 5.32 Å². The number of carbonyl (C=O) groups is 1. The average molecular weight is 201 g/mol. The third-order valence-electron chi connectivity index (χ3n) is 2.17. The predicted octanol–water partition coefficient (Wildman–Crippen LogP) is 0.708. The van der Waals surface area contributed by atoms with Crippen molar-refractivity contribution in [3.05, 3.63) is 0 Å². The van der Waals surface area contributed by atoms with Crippen LogP contribution in [0.5, 0.6) is 0 Å². The zero-order chi connectivity index (χ0) is 10.2. The lowest BCUT2D eigenvalue weighted by Crippen LogP contribution is -2.39. The van der Waals surface area contributed by atoms with Crippen LogP contribution in [0.2, 0.25) is 0 Å². The molecule has 14 heavy (non-hydrogen) atoms. The second-order valence-corrected chi connectivity index (χ2v) is 3.48. The van der Waals surface area contributed by atoms with Crippen LogP contribution in [0.1, 0.15) is 26.2 Å². The summed E-state index contributed by atoms with van der Waals surface area (Å²) in [4.78, 5) is 11.2. The number of hydrogen-bond acceptors (Lipinski definition) is 3. The highest BCUT2D eigenvalue weighted by molar-refractivity contribution is 5.75. The van der Waals surface area contributed by atoms with E-state index in [4.69, 9.17) is 9.47 Å². The lowest BCUT2D eigenvalue weighted by Gasteiger charge is -2.23. The summed E-state index contributed by atoms with van der Waals surface area (Å²) in [7, 11) is 0. The third kappa shape index (κ3) is 4.58. The number of ether oxygens (including phenoxy) is 2. The van der Waals surface area contributed by atoms with Crippen LogP contribution in [-0.4, -0.2) is 38.4 Å². The van der Waals surface area contributed by atoms with Crippen molar-refractivity contribution in [2.24, 2.45) is 0 Å². The molecule has 0 aromatic rings. The largest absolute Gasteiger partial charge is 0.376 e. The van der Waals surface area contributed by atoms with Gasteiger partial charge in [-0.2, -0.15) is 0 Å². The Balaban J connectivity index is 2.03. The smallest absolute Gasteiger partial charge is 0.220 e. The van der Waals surface area contributed by atoms with E-state index in [9.17, 15) is 4.79 Å². The van der Waals surface area contributed by atoms with Gasteiger partial charge in [0, 0.05) is 13.0 Å². The van der Waals surface area contributed by atoms with Crippen molar-refractivity contribution in [3.63, 3.8) is 0 Å². The van der Waals surface area contributed by atoms with Gasteiger partial charge in [-0.15, -0.1) is 0 Å². The molecule has 0 aromatic heterocycles. The molecule has 1 saturated heterocycles. The van der Waals surface area contributed by atoms with Gasteiger partial charge in [0.2, 0.25) is 5.91 Å². The van der Waals surface area contributed by atoms with Crippen LogP contribution in [0.3, 0.4) is 0 Å². The SMILES string of the molecule is CCCCC(=O)NC[C@H]1COCCO1. The Morgan fingerprint density at radius 3 is 3.00 bits per heavy atom. The first-order valence-electron chi connectivity index (χ1n) is 5.29. The Morgan fingerprint density at radius 1 is 1.50 bits per heavy atom. The minimum atomic E-state index is 0.0364. The van der Waals surface area contributed by atoms with Crippen molar-refractivity contribution in [1.29, 1.82) is 0 Å². The Bertz CT molecular complexity index is 167. The van der Waals surface area contributed by atoms with Gasteiger partial charge in [0.05, 0.1) is 25.9 Å². The van der Waals surface area contributed by atoms with Gasteiger partial charge in [0.1, 0.15) is 0 Å². The molecule has 1 amide bonds. The molecule has 0 bridgehead atoms. The molecular formula is C10H19NO3. The lowest BCUT2D eigenvalue weighted by molar-refractivity contribution is -0.124. The van der Waals surface area contributed by atoms with Crippen LogP contribution in [0.25, 0.3) is 0 Å². The first kappa shape index (κ1) is 11.5. The summed E-state index contributed by atoms with van der Waals surface area (Å²) in [6.45, 7) is 4.54. The Morgan fingerprint density at radius 2 is 2.36 bits per heavy atom. The molecule has 0 aliphatic carbocycles. The van der Waals surface area contributed by atoms with E-state index in [1.165, 1.54) is 0 Å². The van der Waals surface area contributed by atoms with Gasteiger partial charge in [-0.1, -0.05) is 13.3 Å². The summed E-state index contributed by atoms with van der Waals surface area (Å²) < 4.78 is 10.6. The molecule has 0 unspecified atom stereocenters. The molecule has 1 aliphatic rings. The molecule has 0 aromatic carbocycles. The molecule has 0 radical (unpaired) electrons. The number of hydrogen-bond donors (Lipinski definition) is 1. The summed E-state index contributed by atoms with van der Waals surface area (Å²) in [6, 6.07) is 0. The highest BCUT2D eigenvalue weighted by atomic mass is 16.6. The first-order valence-corrected chi connectivity index (χ1v) is 5.29. The molecule has 0 saturated carbocycles. The van der Waals surface area contributed by atoms with Crippen LogP contribution in [0.4, 0.5) is 0 Å². The Labute approximate surface area is 85.0 Å². The van der Waals surface area contributed by atoms with E-state index in [1.807, 2.05) is 0 Å². The number of amides is 1. The fourth-order valence-corrected chi connectivity index (χ4v) is 1.31. The molecule has 1 fully saturated rings. The van der Waals surface area contributed by atoms with Crippen molar-refractivity contribution in [3.8, 4) is 0 Å². The summed E-state index contributed by atoms with van der Waals surface area (Å²) in [5, 5.41) is 2.84. The van der Waals surface area contributed by atoms with Gasteiger partial charge < -0.3 is 14.8 Å². The maximum Gasteiger partial charge on any atom is 0.220 e. The van der Waals surface area contributed by atoms with Crippen molar-refractivity contribution < 1.29 is 14.3 Å². The van der Waals surface area contributed by atoms with Gasteiger partial charge >= 0.3 is 0 Å². The number of nitrogens with one attached hydrogen (secondary N) is 1. The van der Waals surface area contributed by atoms with Gasteiger partial charge in [0.25, 0.3) is 0 Å². The minimum Gasteiger partial charge on any atom is -0.376 e. The fraction of sp³-hybridized carbons (Fsp3) is 0.900. The summed E-state index contributed by atoms with van der Waals surface area (Å²) in [5.74, 6) is 0.112. The highest BCUT2D eigenvalue weighted by Crippen LogP contribution is 1.99. The maximum absolute atomic E-state index is 11.2. The maximum atomic E-state index is 11.2. The molecule has 1 aliphatic heterocycles. The second-order valence-electron chi connectivity index (χ2n) is 3.48. The summed E-state index contributed by atoms with van der Waals surface area (Å²) >= 11 is 0. The van der Waals surface area contributed by atoms with E-state index < -0.39 is 0 Å². The molecule has 82 valence electrons. The molecule has 1 rings (SSSR count). The van der Waals surface area contributed by atoms with E-state index >= 15 is 0 Å². The second kappa shape index (κ2) is 6.79. The molecule has 0 spiro atoms. The quantitative estimate of drug-likeness (QED) is 0.712. The standard InChI is InChI=1S/C10H19NO3/c1-2-3-4-10(12)11-7-9-8-13-5-6-14-9/h9H,2-8H2,1H3,(H,11,12)/t9-/m0/s1. The van der Waals surface area contributed by atoms with Gasteiger partial charge in [-0.05, 0) is 6.42 Å². The normalized spacial score (nSPS) is 21.9. The lowest BCUT2D eigenvalue weighted by atomic mass is 10.2. The van der Waals surface area contributed by atoms with Crippen molar-refractivity contribution in [1.82, 2.24) is 5.32 Å². The number of carbonyl (C=O) groups excluding carboxylic acids is 1. The van der Waals surface area contributed by atoms with Gasteiger partial charge in [-0.3, -0.25) is 4.79 Å². The van der Waals surface area contributed by atoms with E-state index in [2.05, 4.69) is 12.2 Å².